The van der Waals surface area contributed by atoms with Gasteiger partial charge in [0, 0.05) is 17.7 Å². The summed E-state index contributed by atoms with van der Waals surface area (Å²) < 4.78 is 53.1. The average Bonchev–Trinajstić information content (AvgIpc) is 2.77. The Hall–Kier alpha value is -4.14. The summed E-state index contributed by atoms with van der Waals surface area (Å²) in [4.78, 5) is 27.7. The van der Waals surface area contributed by atoms with Crippen molar-refractivity contribution in [1.82, 2.24) is 9.55 Å². The molecule has 32 heavy (non-hydrogen) atoms. The number of esters is 1. The van der Waals surface area contributed by atoms with Crippen molar-refractivity contribution in [2.45, 2.75) is 6.54 Å². The highest BCUT2D eigenvalue weighted by Gasteiger charge is 2.14. The van der Waals surface area contributed by atoms with E-state index < -0.39 is 29.0 Å². The summed E-state index contributed by atoms with van der Waals surface area (Å²) in [7, 11) is 1.26. The number of carbonyl (C=O) groups excluding carboxylic acids is 1. The first-order chi connectivity index (χ1) is 15.4. The fourth-order valence-corrected chi connectivity index (χ4v) is 3.21. The Balaban J connectivity index is 1.70. The monoisotopic (exact) mass is 440 g/mol. The fraction of sp³-hybridized carbons (Fsp3) is 0.0870. The van der Waals surface area contributed by atoms with Gasteiger partial charge in [-0.25, -0.2) is 18.0 Å². The number of methoxy groups -OCH3 is 1. The van der Waals surface area contributed by atoms with Crippen molar-refractivity contribution in [2.75, 3.05) is 7.11 Å². The molecule has 0 aliphatic carbocycles. The lowest BCUT2D eigenvalue weighted by Gasteiger charge is -2.13. The maximum Gasteiger partial charge on any atom is 0.337 e. The number of hydrogen-bond acceptors (Lipinski definition) is 5. The van der Waals surface area contributed by atoms with Gasteiger partial charge in [0.05, 0.1) is 36.4 Å². The van der Waals surface area contributed by atoms with Crippen molar-refractivity contribution >= 4 is 16.9 Å². The minimum Gasteiger partial charge on any atom is -0.465 e. The minimum atomic E-state index is -1.04. The molecule has 0 spiro atoms. The van der Waals surface area contributed by atoms with Crippen molar-refractivity contribution < 1.29 is 27.4 Å². The minimum absolute atomic E-state index is 0.150. The highest BCUT2D eigenvalue weighted by molar-refractivity contribution is 5.89. The van der Waals surface area contributed by atoms with Crippen LogP contribution in [-0.2, 0) is 11.3 Å². The molecule has 0 aliphatic heterocycles. The molecular formula is C23H15F3N2O4. The van der Waals surface area contributed by atoms with E-state index in [0.717, 1.165) is 6.33 Å². The molecule has 3 aromatic carbocycles. The summed E-state index contributed by atoms with van der Waals surface area (Å²) in [6.45, 7) is -0.302. The van der Waals surface area contributed by atoms with Crippen LogP contribution in [0.25, 0.3) is 10.9 Å². The topological polar surface area (TPSA) is 70.4 Å². The second-order valence-electron chi connectivity index (χ2n) is 6.83. The van der Waals surface area contributed by atoms with E-state index in [0.29, 0.717) is 23.4 Å². The number of carbonyl (C=O) groups is 1. The number of rotatable bonds is 5. The van der Waals surface area contributed by atoms with Gasteiger partial charge in [-0.05, 0) is 36.4 Å². The molecule has 0 N–H and O–H groups in total. The predicted molar refractivity (Wildman–Crippen MR) is 109 cm³/mol. The van der Waals surface area contributed by atoms with E-state index in [2.05, 4.69) is 9.72 Å². The van der Waals surface area contributed by atoms with E-state index in [9.17, 15) is 22.8 Å². The van der Waals surface area contributed by atoms with Gasteiger partial charge >= 0.3 is 5.97 Å². The van der Waals surface area contributed by atoms with Crippen LogP contribution in [0.15, 0.2) is 65.7 Å². The van der Waals surface area contributed by atoms with Crippen molar-refractivity contribution in [3.8, 4) is 11.5 Å². The number of hydrogen-bond donors (Lipinski definition) is 0. The zero-order valence-electron chi connectivity index (χ0n) is 16.6. The van der Waals surface area contributed by atoms with E-state index in [1.807, 2.05) is 0 Å². The van der Waals surface area contributed by atoms with Crippen molar-refractivity contribution in [3.05, 3.63) is 99.9 Å². The summed E-state index contributed by atoms with van der Waals surface area (Å²) in [5.41, 5.74) is -0.287. The third kappa shape index (κ3) is 4.18. The van der Waals surface area contributed by atoms with Crippen molar-refractivity contribution in [1.29, 1.82) is 0 Å². The first-order valence-corrected chi connectivity index (χ1v) is 9.34. The van der Waals surface area contributed by atoms with Gasteiger partial charge in [0.1, 0.15) is 29.0 Å². The lowest BCUT2D eigenvalue weighted by atomic mass is 10.1. The second-order valence-corrected chi connectivity index (χ2v) is 6.83. The number of aromatic nitrogens is 2. The van der Waals surface area contributed by atoms with Gasteiger partial charge in [-0.1, -0.05) is 6.07 Å². The lowest BCUT2D eigenvalue weighted by molar-refractivity contribution is 0.0600. The number of halogens is 3. The maximum absolute atomic E-state index is 14.1. The van der Waals surface area contributed by atoms with Crippen LogP contribution >= 0.6 is 0 Å². The van der Waals surface area contributed by atoms with Crippen LogP contribution in [-0.4, -0.2) is 22.6 Å². The van der Waals surface area contributed by atoms with Gasteiger partial charge in [0.15, 0.2) is 0 Å². The molecule has 1 aromatic heterocycles. The summed E-state index contributed by atoms with van der Waals surface area (Å²) >= 11 is 0. The zero-order valence-corrected chi connectivity index (χ0v) is 16.6. The summed E-state index contributed by atoms with van der Waals surface area (Å²) in [6, 6.07) is 12.0. The van der Waals surface area contributed by atoms with E-state index >= 15 is 0 Å². The molecule has 0 unspecified atom stereocenters. The predicted octanol–water partition coefficient (Wildman–Crippen LogP) is 4.44. The molecule has 4 rings (SSSR count). The maximum atomic E-state index is 14.1. The van der Waals surface area contributed by atoms with Gasteiger partial charge in [0.25, 0.3) is 5.56 Å². The molecule has 1 heterocycles. The van der Waals surface area contributed by atoms with Crippen LogP contribution in [0.2, 0.25) is 0 Å². The molecule has 6 nitrogen and oxygen atoms in total. The standard InChI is InChI=1S/C23H15F3N2O4/c1-31-23(30)13-3-2-4-15(7-13)32-16-5-6-21-17(10-16)22(29)27-12-28(21)11-18-19(25)8-14(24)9-20(18)26/h2-10,12H,11H2,1H3. The quantitative estimate of drug-likeness (QED) is 0.429. The largest absolute Gasteiger partial charge is 0.465 e. The lowest BCUT2D eigenvalue weighted by Crippen LogP contribution is -2.14. The van der Waals surface area contributed by atoms with Crippen LogP contribution < -0.4 is 10.3 Å². The zero-order chi connectivity index (χ0) is 22.8. The first-order valence-electron chi connectivity index (χ1n) is 9.34. The third-order valence-corrected chi connectivity index (χ3v) is 4.75. The Morgan fingerprint density at radius 2 is 1.72 bits per heavy atom. The highest BCUT2D eigenvalue weighted by Crippen LogP contribution is 2.26. The Bertz CT molecular complexity index is 1380. The van der Waals surface area contributed by atoms with E-state index in [-0.39, 0.29) is 28.8 Å². The molecule has 0 bridgehead atoms. The van der Waals surface area contributed by atoms with Crippen LogP contribution in [0.5, 0.6) is 11.5 Å². The summed E-state index contributed by atoms with van der Waals surface area (Å²) in [6.07, 6.45) is 1.16. The van der Waals surface area contributed by atoms with E-state index in [1.54, 1.807) is 24.3 Å². The Kier molecular flexibility index (Phi) is 5.63. The van der Waals surface area contributed by atoms with Crippen molar-refractivity contribution in [2.24, 2.45) is 0 Å². The number of nitrogens with zero attached hydrogens (tertiary/aromatic N) is 2. The Morgan fingerprint density at radius 1 is 1.00 bits per heavy atom. The normalized spacial score (nSPS) is 10.9. The van der Waals surface area contributed by atoms with Crippen LogP contribution in [0, 0.1) is 17.5 Å². The SMILES string of the molecule is COC(=O)c1cccc(Oc2ccc3c(c2)c(=O)ncn3Cc2c(F)cc(F)cc2F)c1. The molecule has 9 heteroatoms. The van der Waals surface area contributed by atoms with Gasteiger partial charge in [-0.2, -0.15) is 4.98 Å². The van der Waals surface area contributed by atoms with Gasteiger partial charge in [0.2, 0.25) is 0 Å². The first kappa shape index (κ1) is 21.1. The molecule has 0 amide bonds. The summed E-state index contributed by atoms with van der Waals surface area (Å²) in [5.74, 6) is -3.01. The Labute approximate surface area is 179 Å². The molecule has 4 aromatic rings. The molecular weight excluding hydrogens is 425 g/mol. The van der Waals surface area contributed by atoms with Crippen LogP contribution in [0.4, 0.5) is 13.2 Å². The van der Waals surface area contributed by atoms with E-state index in [1.165, 1.54) is 29.9 Å². The molecule has 0 radical (unpaired) electrons. The van der Waals surface area contributed by atoms with Crippen LogP contribution in [0.1, 0.15) is 15.9 Å². The summed E-state index contributed by atoms with van der Waals surface area (Å²) in [5, 5.41) is 0.150. The molecule has 0 atom stereocenters. The number of benzene rings is 3. The van der Waals surface area contributed by atoms with Crippen LogP contribution in [0.3, 0.4) is 0 Å². The van der Waals surface area contributed by atoms with Gasteiger partial charge < -0.3 is 14.0 Å². The fourth-order valence-electron chi connectivity index (χ4n) is 3.21. The molecule has 0 saturated heterocycles. The third-order valence-electron chi connectivity index (χ3n) is 4.75. The molecule has 0 aliphatic rings. The number of ether oxygens (including phenoxy) is 2. The van der Waals surface area contributed by atoms with E-state index in [4.69, 9.17) is 4.74 Å². The average molecular weight is 440 g/mol. The van der Waals surface area contributed by atoms with Gasteiger partial charge in [-0.15, -0.1) is 0 Å². The highest BCUT2D eigenvalue weighted by atomic mass is 19.1. The second kappa shape index (κ2) is 8.54. The van der Waals surface area contributed by atoms with Crippen molar-refractivity contribution in [3.63, 3.8) is 0 Å². The molecule has 0 saturated carbocycles. The van der Waals surface area contributed by atoms with Gasteiger partial charge in [-0.3, -0.25) is 4.79 Å². The smallest absolute Gasteiger partial charge is 0.337 e. The molecule has 162 valence electrons. The molecule has 0 fully saturated rings. The Morgan fingerprint density at radius 3 is 2.44 bits per heavy atom. The number of fused-ring (bicyclic) bond motifs is 1.